The Bertz CT molecular complexity index is 397. The summed E-state index contributed by atoms with van der Waals surface area (Å²) in [6, 6.07) is 8.97. The number of hydrogen-bond acceptors (Lipinski definition) is 2. The van der Waals surface area contributed by atoms with Crippen molar-refractivity contribution in [3.63, 3.8) is 0 Å². The second-order valence-electron chi connectivity index (χ2n) is 3.43. The van der Waals surface area contributed by atoms with Gasteiger partial charge in [-0.05, 0) is 11.6 Å². The van der Waals surface area contributed by atoms with Gasteiger partial charge in [-0.2, -0.15) is 0 Å². The molecule has 1 rings (SSSR count). The van der Waals surface area contributed by atoms with Crippen LogP contribution in [0, 0.1) is 0 Å². The third kappa shape index (κ3) is 3.96. The molecular formula is C12H14N2O2. The van der Waals surface area contributed by atoms with Crippen molar-refractivity contribution in [1.82, 2.24) is 10.2 Å². The molecule has 1 aromatic carbocycles. The van der Waals surface area contributed by atoms with Gasteiger partial charge < -0.3 is 4.90 Å². The lowest BCUT2D eigenvalue weighted by Crippen LogP contribution is -2.37. The molecule has 0 fully saturated rings. The average Bonchev–Trinajstić information content (AvgIpc) is 2.27. The fourth-order valence-corrected chi connectivity index (χ4v) is 0.995. The summed E-state index contributed by atoms with van der Waals surface area (Å²) >= 11 is 0. The SMILES string of the molecule is CN(C)C(=O)NC(=O)C=Cc1ccccc1. The van der Waals surface area contributed by atoms with Crippen molar-refractivity contribution in [2.45, 2.75) is 0 Å². The number of nitrogens with one attached hydrogen (secondary N) is 1. The largest absolute Gasteiger partial charge is 0.331 e. The van der Waals surface area contributed by atoms with Gasteiger partial charge in [-0.15, -0.1) is 0 Å². The molecule has 0 saturated heterocycles. The Hall–Kier alpha value is -2.10. The van der Waals surface area contributed by atoms with Gasteiger partial charge in [0.15, 0.2) is 0 Å². The summed E-state index contributed by atoms with van der Waals surface area (Å²) in [5.41, 5.74) is 0.912. The maximum absolute atomic E-state index is 11.3. The number of imide groups is 1. The van der Waals surface area contributed by atoms with Crippen LogP contribution in [0.2, 0.25) is 0 Å². The van der Waals surface area contributed by atoms with Gasteiger partial charge in [0.25, 0.3) is 5.91 Å². The van der Waals surface area contributed by atoms with Crippen LogP contribution in [0.5, 0.6) is 0 Å². The van der Waals surface area contributed by atoms with Gasteiger partial charge in [0.05, 0.1) is 0 Å². The van der Waals surface area contributed by atoms with Gasteiger partial charge >= 0.3 is 6.03 Å². The van der Waals surface area contributed by atoms with E-state index in [4.69, 9.17) is 0 Å². The number of amides is 3. The summed E-state index contributed by atoms with van der Waals surface area (Å²) < 4.78 is 0. The van der Waals surface area contributed by atoms with Crippen LogP contribution in [0.25, 0.3) is 6.08 Å². The third-order valence-electron chi connectivity index (χ3n) is 1.86. The molecule has 1 N–H and O–H groups in total. The highest BCUT2D eigenvalue weighted by atomic mass is 16.2. The number of nitrogens with zero attached hydrogens (tertiary/aromatic N) is 1. The molecule has 0 aliphatic rings. The topological polar surface area (TPSA) is 49.4 Å². The number of hydrogen-bond donors (Lipinski definition) is 1. The Morgan fingerprint density at radius 3 is 2.38 bits per heavy atom. The monoisotopic (exact) mass is 218 g/mol. The van der Waals surface area contributed by atoms with E-state index in [1.54, 1.807) is 20.2 Å². The first-order valence-corrected chi connectivity index (χ1v) is 4.85. The van der Waals surface area contributed by atoms with Crippen molar-refractivity contribution >= 4 is 18.0 Å². The lowest BCUT2D eigenvalue weighted by atomic mass is 10.2. The molecule has 0 aliphatic carbocycles. The lowest BCUT2D eigenvalue weighted by molar-refractivity contribution is -0.115. The first-order chi connectivity index (χ1) is 7.59. The molecule has 1 aromatic rings. The third-order valence-corrected chi connectivity index (χ3v) is 1.86. The molecule has 4 heteroatoms. The van der Waals surface area contributed by atoms with Crippen LogP contribution in [0.15, 0.2) is 36.4 Å². The van der Waals surface area contributed by atoms with E-state index in [2.05, 4.69) is 5.32 Å². The fraction of sp³-hybridized carbons (Fsp3) is 0.167. The van der Waals surface area contributed by atoms with Gasteiger partial charge in [-0.25, -0.2) is 4.79 Å². The molecule has 4 nitrogen and oxygen atoms in total. The van der Waals surface area contributed by atoms with E-state index in [0.717, 1.165) is 5.56 Å². The summed E-state index contributed by atoms with van der Waals surface area (Å²) in [6.07, 6.45) is 2.98. The Labute approximate surface area is 94.6 Å². The molecular weight excluding hydrogens is 204 g/mol. The molecule has 0 heterocycles. The van der Waals surface area contributed by atoms with Crippen molar-refractivity contribution in [2.75, 3.05) is 14.1 Å². The molecule has 16 heavy (non-hydrogen) atoms. The number of benzene rings is 1. The lowest BCUT2D eigenvalue weighted by Gasteiger charge is -2.08. The van der Waals surface area contributed by atoms with Crippen LogP contribution in [0.3, 0.4) is 0 Å². The summed E-state index contributed by atoms with van der Waals surface area (Å²) in [7, 11) is 3.15. The molecule has 0 bridgehead atoms. The Morgan fingerprint density at radius 1 is 1.19 bits per heavy atom. The zero-order valence-corrected chi connectivity index (χ0v) is 9.31. The molecule has 3 amide bonds. The Kier molecular flexibility index (Phi) is 4.27. The predicted octanol–water partition coefficient (Wildman–Crippen LogP) is 1.50. The van der Waals surface area contributed by atoms with E-state index in [-0.39, 0.29) is 0 Å². The maximum atomic E-state index is 11.3. The minimum absolute atomic E-state index is 0.428. The average molecular weight is 218 g/mol. The van der Waals surface area contributed by atoms with Gasteiger partial charge in [-0.1, -0.05) is 30.3 Å². The van der Waals surface area contributed by atoms with E-state index in [1.807, 2.05) is 30.3 Å². The minimum atomic E-state index is -0.428. The van der Waals surface area contributed by atoms with E-state index in [0.29, 0.717) is 0 Å². The number of carbonyl (C=O) groups is 2. The van der Waals surface area contributed by atoms with Crippen LogP contribution in [-0.4, -0.2) is 30.9 Å². The first-order valence-electron chi connectivity index (χ1n) is 4.85. The maximum Gasteiger partial charge on any atom is 0.323 e. The van der Waals surface area contributed by atoms with E-state index in [1.165, 1.54) is 11.0 Å². The van der Waals surface area contributed by atoms with Crippen LogP contribution < -0.4 is 5.32 Å². The molecule has 0 aliphatic heterocycles. The zero-order valence-electron chi connectivity index (χ0n) is 9.31. The van der Waals surface area contributed by atoms with Gasteiger partial charge in [-0.3, -0.25) is 10.1 Å². The van der Waals surface area contributed by atoms with Gasteiger partial charge in [0.2, 0.25) is 0 Å². The number of carbonyl (C=O) groups excluding carboxylic acids is 2. The van der Waals surface area contributed by atoms with Crippen LogP contribution in [0.4, 0.5) is 4.79 Å². The quantitative estimate of drug-likeness (QED) is 0.765. The zero-order chi connectivity index (χ0) is 12.0. The smallest absolute Gasteiger partial charge is 0.323 e. The van der Waals surface area contributed by atoms with Crippen molar-refractivity contribution in [2.24, 2.45) is 0 Å². The summed E-state index contributed by atoms with van der Waals surface area (Å²) in [5, 5.41) is 2.21. The normalized spacial score (nSPS) is 10.1. The van der Waals surface area contributed by atoms with Crippen LogP contribution in [-0.2, 0) is 4.79 Å². The molecule has 0 saturated carbocycles. The van der Waals surface area contributed by atoms with Gasteiger partial charge in [0, 0.05) is 20.2 Å². The number of urea groups is 1. The first kappa shape index (κ1) is 12.0. The van der Waals surface area contributed by atoms with Crippen molar-refractivity contribution < 1.29 is 9.59 Å². The molecule has 0 radical (unpaired) electrons. The van der Waals surface area contributed by atoms with Crippen molar-refractivity contribution in [1.29, 1.82) is 0 Å². The molecule has 0 atom stereocenters. The van der Waals surface area contributed by atoms with E-state index in [9.17, 15) is 9.59 Å². The number of rotatable bonds is 2. The molecule has 84 valence electrons. The van der Waals surface area contributed by atoms with Crippen molar-refractivity contribution in [3.8, 4) is 0 Å². The minimum Gasteiger partial charge on any atom is -0.331 e. The van der Waals surface area contributed by atoms with Crippen LogP contribution >= 0.6 is 0 Å². The molecule has 0 aromatic heterocycles. The van der Waals surface area contributed by atoms with E-state index >= 15 is 0 Å². The fourth-order valence-electron chi connectivity index (χ4n) is 0.995. The molecule has 0 spiro atoms. The second-order valence-corrected chi connectivity index (χ2v) is 3.43. The van der Waals surface area contributed by atoms with Crippen molar-refractivity contribution in [3.05, 3.63) is 42.0 Å². The predicted molar refractivity (Wildman–Crippen MR) is 62.7 cm³/mol. The summed E-state index contributed by atoms with van der Waals surface area (Å²) in [6.45, 7) is 0. The highest BCUT2D eigenvalue weighted by molar-refractivity contribution is 6.02. The standard InChI is InChI=1S/C12H14N2O2/c1-14(2)12(16)13-11(15)9-8-10-6-4-3-5-7-10/h3-9H,1-2H3,(H,13,15,16). The van der Waals surface area contributed by atoms with E-state index < -0.39 is 11.9 Å². The Balaban J connectivity index is 2.52. The molecule has 0 unspecified atom stereocenters. The van der Waals surface area contributed by atoms with Gasteiger partial charge in [0.1, 0.15) is 0 Å². The highest BCUT2D eigenvalue weighted by Crippen LogP contribution is 2.00. The summed E-state index contributed by atoms with van der Waals surface area (Å²) in [5.74, 6) is -0.428. The van der Waals surface area contributed by atoms with Crippen LogP contribution in [0.1, 0.15) is 5.56 Å². The summed E-state index contributed by atoms with van der Waals surface area (Å²) in [4.78, 5) is 23.7. The Morgan fingerprint density at radius 2 is 1.81 bits per heavy atom. The highest BCUT2D eigenvalue weighted by Gasteiger charge is 2.05. The second kappa shape index (κ2) is 5.70.